The van der Waals surface area contributed by atoms with Crippen molar-refractivity contribution < 1.29 is 4.92 Å². The summed E-state index contributed by atoms with van der Waals surface area (Å²) >= 11 is 0. The molecule has 0 rings (SSSR count). The zero-order valence-corrected chi connectivity index (χ0v) is 5.80. The molecule has 0 N–H and O–H groups in total. The van der Waals surface area contributed by atoms with E-state index >= 15 is 0 Å². The fraction of sp³-hybridized carbons (Fsp3) is 1.00. The van der Waals surface area contributed by atoms with Crippen LogP contribution in [-0.4, -0.2) is 11.5 Å². The Labute approximate surface area is 52.6 Å². The summed E-state index contributed by atoms with van der Waals surface area (Å²) in [6, 6.07) is 0. The highest BCUT2D eigenvalue weighted by Crippen LogP contribution is 1.72. The molecule has 0 amide bonds. The SMILES string of the molecule is Br.CCC[N+](=O)[O-]. The van der Waals surface area contributed by atoms with Crippen molar-refractivity contribution in [2.75, 3.05) is 6.54 Å². The first-order chi connectivity index (χ1) is 2.77. The molecule has 0 atom stereocenters. The average molecular weight is 170 g/mol. The molecule has 44 valence electrons. The van der Waals surface area contributed by atoms with Crippen LogP contribution in [0.3, 0.4) is 0 Å². The minimum Gasteiger partial charge on any atom is -0.265 e. The van der Waals surface area contributed by atoms with E-state index in [9.17, 15) is 10.1 Å². The van der Waals surface area contributed by atoms with Crippen LogP contribution in [0.5, 0.6) is 0 Å². The number of hydrogen-bond donors (Lipinski definition) is 0. The van der Waals surface area contributed by atoms with Gasteiger partial charge >= 0.3 is 0 Å². The molecular formula is C3H8BrNO2. The molecule has 0 aliphatic carbocycles. The molecule has 3 nitrogen and oxygen atoms in total. The van der Waals surface area contributed by atoms with Crippen LogP contribution in [0.1, 0.15) is 13.3 Å². The normalized spacial score (nSPS) is 7.00. The first kappa shape index (κ1) is 9.99. The van der Waals surface area contributed by atoms with Crippen LogP contribution >= 0.6 is 17.0 Å². The Balaban J connectivity index is 0. The average Bonchev–Trinajstić information content (AvgIpc) is 1.35. The number of nitro groups is 1. The Kier molecular flexibility index (Phi) is 8.39. The molecule has 0 saturated carbocycles. The van der Waals surface area contributed by atoms with Gasteiger partial charge in [0.15, 0.2) is 0 Å². The zero-order valence-electron chi connectivity index (χ0n) is 4.09. The Bertz CT molecular complexity index is 56.9. The monoisotopic (exact) mass is 169 g/mol. The fourth-order valence-electron chi connectivity index (χ4n) is 0.183. The molecule has 7 heavy (non-hydrogen) atoms. The van der Waals surface area contributed by atoms with Gasteiger partial charge in [0.2, 0.25) is 6.54 Å². The molecule has 4 heteroatoms. The maximum atomic E-state index is 9.40. The van der Waals surface area contributed by atoms with Gasteiger partial charge in [0.05, 0.1) is 0 Å². The summed E-state index contributed by atoms with van der Waals surface area (Å²) in [7, 11) is 0. The quantitative estimate of drug-likeness (QED) is 0.462. The third-order valence-corrected chi connectivity index (χ3v) is 0.406. The van der Waals surface area contributed by atoms with Crippen molar-refractivity contribution in [3.05, 3.63) is 10.1 Å². The van der Waals surface area contributed by atoms with Gasteiger partial charge in [-0.1, -0.05) is 6.92 Å². The molecule has 0 bridgehead atoms. The molecule has 0 unspecified atom stereocenters. The number of nitrogens with zero attached hydrogens (tertiary/aromatic N) is 1. The van der Waals surface area contributed by atoms with E-state index in [-0.39, 0.29) is 28.4 Å². The Morgan fingerprint density at radius 1 is 1.71 bits per heavy atom. The molecule has 0 heterocycles. The summed E-state index contributed by atoms with van der Waals surface area (Å²) in [5.41, 5.74) is 0. The minimum atomic E-state index is -0.319. The van der Waals surface area contributed by atoms with Gasteiger partial charge in [-0.25, -0.2) is 0 Å². The Morgan fingerprint density at radius 2 is 2.14 bits per heavy atom. The topological polar surface area (TPSA) is 43.1 Å². The molecule has 0 aliphatic heterocycles. The first-order valence-electron chi connectivity index (χ1n) is 1.89. The summed E-state index contributed by atoms with van der Waals surface area (Å²) in [5, 5.41) is 9.40. The maximum Gasteiger partial charge on any atom is 0.203 e. The standard InChI is InChI=1S/C3H7NO2.BrH/c1-2-3-4(5)6;/h2-3H2,1H3;1H. The van der Waals surface area contributed by atoms with E-state index in [1.165, 1.54) is 0 Å². The first-order valence-corrected chi connectivity index (χ1v) is 1.89. The van der Waals surface area contributed by atoms with E-state index < -0.39 is 0 Å². The van der Waals surface area contributed by atoms with E-state index in [2.05, 4.69) is 0 Å². The summed E-state index contributed by atoms with van der Waals surface area (Å²) in [4.78, 5) is 9.09. The van der Waals surface area contributed by atoms with Crippen molar-refractivity contribution in [1.82, 2.24) is 0 Å². The van der Waals surface area contributed by atoms with Crippen molar-refractivity contribution in [3.8, 4) is 0 Å². The molecule has 0 saturated heterocycles. The van der Waals surface area contributed by atoms with E-state index in [0.717, 1.165) is 0 Å². The molecular weight excluding hydrogens is 162 g/mol. The second kappa shape index (κ2) is 5.88. The maximum absolute atomic E-state index is 9.40. The van der Waals surface area contributed by atoms with E-state index in [1.54, 1.807) is 6.92 Å². The van der Waals surface area contributed by atoms with Gasteiger partial charge in [-0.15, -0.1) is 17.0 Å². The van der Waals surface area contributed by atoms with Crippen molar-refractivity contribution in [1.29, 1.82) is 0 Å². The lowest BCUT2D eigenvalue weighted by atomic mass is 10.5. The lowest BCUT2D eigenvalue weighted by Crippen LogP contribution is -1.96. The molecule has 0 radical (unpaired) electrons. The van der Waals surface area contributed by atoms with Gasteiger partial charge in [-0.3, -0.25) is 10.1 Å². The molecule has 0 aromatic rings. The van der Waals surface area contributed by atoms with Crippen LogP contribution in [0.2, 0.25) is 0 Å². The highest BCUT2D eigenvalue weighted by atomic mass is 79.9. The number of halogens is 1. The van der Waals surface area contributed by atoms with E-state index in [1.807, 2.05) is 0 Å². The van der Waals surface area contributed by atoms with Crippen LogP contribution in [-0.2, 0) is 0 Å². The van der Waals surface area contributed by atoms with Gasteiger partial charge in [0.25, 0.3) is 0 Å². The zero-order chi connectivity index (χ0) is 4.99. The number of hydrogen-bond acceptors (Lipinski definition) is 2. The van der Waals surface area contributed by atoms with Crippen LogP contribution in [0.15, 0.2) is 0 Å². The van der Waals surface area contributed by atoms with Gasteiger partial charge in [-0.2, -0.15) is 0 Å². The van der Waals surface area contributed by atoms with Gasteiger partial charge < -0.3 is 0 Å². The number of rotatable bonds is 2. The van der Waals surface area contributed by atoms with Crippen molar-refractivity contribution in [3.63, 3.8) is 0 Å². The Hall–Kier alpha value is -0.120. The van der Waals surface area contributed by atoms with Crippen LogP contribution in [0.4, 0.5) is 0 Å². The van der Waals surface area contributed by atoms with Gasteiger partial charge in [0, 0.05) is 11.3 Å². The Morgan fingerprint density at radius 3 is 2.14 bits per heavy atom. The molecule has 0 aliphatic rings. The molecule has 0 aromatic carbocycles. The smallest absolute Gasteiger partial charge is 0.203 e. The molecule has 0 spiro atoms. The van der Waals surface area contributed by atoms with E-state index in [4.69, 9.17) is 0 Å². The minimum absolute atomic E-state index is 0. The van der Waals surface area contributed by atoms with Crippen LogP contribution < -0.4 is 0 Å². The summed E-state index contributed by atoms with van der Waals surface area (Å²) in [6.45, 7) is 1.88. The largest absolute Gasteiger partial charge is 0.265 e. The van der Waals surface area contributed by atoms with Gasteiger partial charge in [0.1, 0.15) is 0 Å². The van der Waals surface area contributed by atoms with Crippen molar-refractivity contribution in [2.45, 2.75) is 13.3 Å². The van der Waals surface area contributed by atoms with Crippen molar-refractivity contribution >= 4 is 17.0 Å². The summed E-state index contributed by atoms with van der Waals surface area (Å²) < 4.78 is 0. The third kappa shape index (κ3) is 10.7. The lowest BCUT2D eigenvalue weighted by Gasteiger charge is -1.80. The second-order valence-electron chi connectivity index (χ2n) is 1.06. The highest BCUT2D eigenvalue weighted by Gasteiger charge is 1.85. The summed E-state index contributed by atoms with van der Waals surface area (Å²) in [5.74, 6) is 0. The molecule has 0 aromatic heterocycles. The third-order valence-electron chi connectivity index (χ3n) is 0.406. The van der Waals surface area contributed by atoms with Crippen LogP contribution in [0, 0.1) is 10.1 Å². The van der Waals surface area contributed by atoms with Gasteiger partial charge in [-0.05, 0) is 0 Å². The fourth-order valence-corrected chi connectivity index (χ4v) is 0.183. The lowest BCUT2D eigenvalue weighted by molar-refractivity contribution is -0.479. The molecule has 0 fully saturated rings. The second-order valence-corrected chi connectivity index (χ2v) is 1.06. The summed E-state index contributed by atoms with van der Waals surface area (Å²) in [6.07, 6.45) is 0.632. The van der Waals surface area contributed by atoms with Crippen LogP contribution in [0.25, 0.3) is 0 Å². The predicted molar refractivity (Wildman–Crippen MR) is 32.5 cm³/mol. The van der Waals surface area contributed by atoms with Crippen molar-refractivity contribution in [2.24, 2.45) is 0 Å². The highest BCUT2D eigenvalue weighted by molar-refractivity contribution is 8.93. The van der Waals surface area contributed by atoms with E-state index in [0.29, 0.717) is 6.42 Å². The predicted octanol–water partition coefficient (Wildman–Crippen LogP) is 1.25.